The molecule has 2 rings (SSSR count). The van der Waals surface area contributed by atoms with E-state index in [0.29, 0.717) is 16.8 Å². The molecule has 3 N–H and O–H groups in total. The van der Waals surface area contributed by atoms with E-state index in [0.717, 1.165) is 18.2 Å². The van der Waals surface area contributed by atoms with E-state index in [1.54, 1.807) is 19.1 Å². The van der Waals surface area contributed by atoms with Crippen LogP contribution in [0.5, 0.6) is 0 Å². The molecular weight excluding hydrogens is 250 g/mol. The second-order valence-corrected chi connectivity index (χ2v) is 4.15. The number of amides is 1. The first-order valence-electron chi connectivity index (χ1n) is 5.60. The van der Waals surface area contributed by atoms with Crippen LogP contribution in [0, 0.1) is 18.6 Å². The number of nitrogens with two attached hydrogens (primary N) is 1. The van der Waals surface area contributed by atoms with E-state index in [2.05, 4.69) is 5.32 Å². The Morgan fingerprint density at radius 2 is 1.89 bits per heavy atom. The number of rotatable bonds is 2. The molecule has 2 aromatic carbocycles. The average Bonchev–Trinajstić information content (AvgIpc) is 2.33. The lowest BCUT2D eigenvalue weighted by atomic mass is 10.1. The highest BCUT2D eigenvalue weighted by atomic mass is 19.1. The summed E-state index contributed by atoms with van der Waals surface area (Å²) in [6, 6.07) is 7.62. The van der Waals surface area contributed by atoms with Crippen molar-refractivity contribution in [3.8, 4) is 0 Å². The van der Waals surface area contributed by atoms with Crippen molar-refractivity contribution in [3.63, 3.8) is 0 Å². The summed E-state index contributed by atoms with van der Waals surface area (Å²) >= 11 is 0. The Bertz CT molecular complexity index is 641. The van der Waals surface area contributed by atoms with Gasteiger partial charge in [-0.2, -0.15) is 0 Å². The van der Waals surface area contributed by atoms with Crippen LogP contribution in [0.3, 0.4) is 0 Å². The summed E-state index contributed by atoms with van der Waals surface area (Å²) in [5.74, 6) is -1.82. The number of halogens is 2. The Balaban J connectivity index is 2.28. The van der Waals surface area contributed by atoms with E-state index < -0.39 is 17.5 Å². The van der Waals surface area contributed by atoms with Gasteiger partial charge in [0.05, 0.1) is 5.69 Å². The molecule has 0 bridgehead atoms. The van der Waals surface area contributed by atoms with Crippen LogP contribution in [0.1, 0.15) is 15.9 Å². The predicted molar refractivity (Wildman–Crippen MR) is 69.9 cm³/mol. The number of nitrogen functional groups attached to an aromatic ring is 1. The third-order valence-corrected chi connectivity index (χ3v) is 2.67. The van der Waals surface area contributed by atoms with Crippen molar-refractivity contribution in [1.29, 1.82) is 0 Å². The smallest absolute Gasteiger partial charge is 0.256 e. The minimum Gasteiger partial charge on any atom is -0.399 e. The van der Waals surface area contributed by atoms with Crippen LogP contribution in [0.2, 0.25) is 0 Å². The van der Waals surface area contributed by atoms with E-state index in [-0.39, 0.29) is 5.69 Å². The number of carbonyl (C=O) groups is 1. The monoisotopic (exact) mass is 262 g/mol. The van der Waals surface area contributed by atoms with Gasteiger partial charge in [0.25, 0.3) is 5.91 Å². The second-order valence-electron chi connectivity index (χ2n) is 4.15. The maximum atomic E-state index is 13.4. The molecule has 0 aliphatic heterocycles. The molecule has 19 heavy (non-hydrogen) atoms. The molecule has 5 heteroatoms. The molecule has 0 fully saturated rings. The Labute approximate surface area is 109 Å². The minimum absolute atomic E-state index is 0.193. The molecular formula is C14H12F2N2O. The zero-order valence-corrected chi connectivity index (χ0v) is 10.2. The molecule has 0 aliphatic rings. The zero-order chi connectivity index (χ0) is 14.0. The van der Waals surface area contributed by atoms with Gasteiger partial charge >= 0.3 is 0 Å². The van der Waals surface area contributed by atoms with Gasteiger partial charge in [-0.25, -0.2) is 8.78 Å². The van der Waals surface area contributed by atoms with E-state index >= 15 is 0 Å². The van der Waals surface area contributed by atoms with E-state index in [1.165, 1.54) is 6.07 Å². The Morgan fingerprint density at radius 1 is 1.16 bits per heavy atom. The van der Waals surface area contributed by atoms with Gasteiger partial charge in [-0.15, -0.1) is 0 Å². The summed E-state index contributed by atoms with van der Waals surface area (Å²) < 4.78 is 26.4. The van der Waals surface area contributed by atoms with Crippen LogP contribution in [0.15, 0.2) is 36.4 Å². The van der Waals surface area contributed by atoms with Gasteiger partial charge in [0.1, 0.15) is 11.6 Å². The molecule has 0 aromatic heterocycles. The van der Waals surface area contributed by atoms with Crippen LogP contribution in [0.25, 0.3) is 0 Å². The molecule has 0 heterocycles. The number of anilines is 2. The maximum Gasteiger partial charge on any atom is 0.256 e. The molecule has 0 saturated carbocycles. The van der Waals surface area contributed by atoms with Crippen LogP contribution in [-0.4, -0.2) is 5.91 Å². The lowest BCUT2D eigenvalue weighted by molar-refractivity contribution is 0.102. The molecule has 0 saturated heterocycles. The maximum absolute atomic E-state index is 13.4. The third kappa shape index (κ3) is 2.88. The summed E-state index contributed by atoms with van der Waals surface area (Å²) in [7, 11) is 0. The summed E-state index contributed by atoms with van der Waals surface area (Å²) in [6.45, 7) is 1.72. The summed E-state index contributed by atoms with van der Waals surface area (Å²) in [5.41, 5.74) is 6.94. The fraction of sp³-hybridized carbons (Fsp3) is 0.0714. The van der Waals surface area contributed by atoms with Crippen LogP contribution in [0.4, 0.5) is 20.2 Å². The van der Waals surface area contributed by atoms with Gasteiger partial charge in [-0.1, -0.05) is 0 Å². The molecule has 1 amide bonds. The Kier molecular flexibility index (Phi) is 3.46. The summed E-state index contributed by atoms with van der Waals surface area (Å²) in [6.07, 6.45) is 0. The van der Waals surface area contributed by atoms with E-state index in [9.17, 15) is 13.6 Å². The standard InChI is InChI=1S/C14H12F2N2O/c1-8-6-10(17)3-4-11(8)14(19)18-13-7-9(15)2-5-12(13)16/h2-7H,17H2,1H3,(H,18,19). The second kappa shape index (κ2) is 5.06. The third-order valence-electron chi connectivity index (χ3n) is 2.67. The van der Waals surface area contributed by atoms with Crippen molar-refractivity contribution in [3.05, 3.63) is 59.2 Å². The van der Waals surface area contributed by atoms with E-state index in [4.69, 9.17) is 5.73 Å². The first kappa shape index (κ1) is 13.0. The number of carbonyl (C=O) groups excluding carboxylic acids is 1. The number of aryl methyl sites for hydroxylation is 1. The molecule has 0 unspecified atom stereocenters. The zero-order valence-electron chi connectivity index (χ0n) is 10.2. The Hall–Kier alpha value is -2.43. The molecule has 0 radical (unpaired) electrons. The predicted octanol–water partition coefficient (Wildman–Crippen LogP) is 3.11. The lowest BCUT2D eigenvalue weighted by Gasteiger charge is -2.09. The number of nitrogens with one attached hydrogen (secondary N) is 1. The largest absolute Gasteiger partial charge is 0.399 e. The van der Waals surface area contributed by atoms with Crippen molar-refractivity contribution in [2.75, 3.05) is 11.1 Å². The van der Waals surface area contributed by atoms with Crippen LogP contribution in [-0.2, 0) is 0 Å². The topological polar surface area (TPSA) is 55.1 Å². The minimum atomic E-state index is -0.692. The van der Waals surface area contributed by atoms with Crippen molar-refractivity contribution in [1.82, 2.24) is 0 Å². The van der Waals surface area contributed by atoms with Gasteiger partial charge in [0.2, 0.25) is 0 Å². The molecule has 0 spiro atoms. The highest BCUT2D eigenvalue weighted by Crippen LogP contribution is 2.18. The molecule has 0 atom stereocenters. The van der Waals surface area contributed by atoms with Gasteiger partial charge in [0, 0.05) is 17.3 Å². The van der Waals surface area contributed by atoms with Crippen LogP contribution >= 0.6 is 0 Å². The van der Waals surface area contributed by atoms with Crippen molar-refractivity contribution in [2.45, 2.75) is 6.92 Å². The highest BCUT2D eigenvalue weighted by molar-refractivity contribution is 6.05. The van der Waals surface area contributed by atoms with Crippen molar-refractivity contribution < 1.29 is 13.6 Å². The quantitative estimate of drug-likeness (QED) is 0.817. The molecule has 3 nitrogen and oxygen atoms in total. The first-order chi connectivity index (χ1) is 8.97. The lowest BCUT2D eigenvalue weighted by Crippen LogP contribution is -2.14. The fourth-order valence-electron chi connectivity index (χ4n) is 1.72. The van der Waals surface area contributed by atoms with Crippen molar-refractivity contribution >= 4 is 17.3 Å². The van der Waals surface area contributed by atoms with Gasteiger partial charge < -0.3 is 11.1 Å². The van der Waals surface area contributed by atoms with E-state index in [1.807, 2.05) is 0 Å². The molecule has 98 valence electrons. The Morgan fingerprint density at radius 3 is 2.58 bits per heavy atom. The first-order valence-corrected chi connectivity index (χ1v) is 5.60. The van der Waals surface area contributed by atoms with Gasteiger partial charge in [0.15, 0.2) is 0 Å². The summed E-state index contributed by atoms with van der Waals surface area (Å²) in [4.78, 5) is 12.0. The summed E-state index contributed by atoms with van der Waals surface area (Å²) in [5, 5.41) is 2.33. The number of hydrogen-bond donors (Lipinski definition) is 2. The highest BCUT2D eigenvalue weighted by Gasteiger charge is 2.12. The fourth-order valence-corrected chi connectivity index (χ4v) is 1.72. The van der Waals surface area contributed by atoms with Gasteiger partial charge in [-0.05, 0) is 42.8 Å². The average molecular weight is 262 g/mol. The van der Waals surface area contributed by atoms with Gasteiger partial charge in [-0.3, -0.25) is 4.79 Å². The normalized spacial score (nSPS) is 10.3. The number of hydrogen-bond acceptors (Lipinski definition) is 2. The SMILES string of the molecule is Cc1cc(N)ccc1C(=O)Nc1cc(F)ccc1F. The van der Waals surface area contributed by atoms with Crippen molar-refractivity contribution in [2.24, 2.45) is 0 Å². The van der Waals surface area contributed by atoms with Crippen LogP contribution < -0.4 is 11.1 Å². The molecule has 0 aliphatic carbocycles. The molecule has 2 aromatic rings. The number of benzene rings is 2.